The quantitative estimate of drug-likeness (QED) is 0.685. The van der Waals surface area contributed by atoms with Gasteiger partial charge in [0.1, 0.15) is 0 Å². The van der Waals surface area contributed by atoms with Gasteiger partial charge in [-0.1, -0.05) is 36.2 Å². The number of amides is 1. The molecule has 0 unspecified atom stereocenters. The fraction of sp³-hybridized carbons (Fsp3) is 0.375. The smallest absolute Gasteiger partial charge is 0.286 e. The second kappa shape index (κ2) is 6.65. The molecule has 1 aromatic carbocycles. The molecular formula is C16H16Cl2N2OS. The van der Waals surface area contributed by atoms with Gasteiger partial charge in [-0.15, -0.1) is 0 Å². The van der Waals surface area contributed by atoms with Crippen LogP contribution in [0.3, 0.4) is 0 Å². The van der Waals surface area contributed by atoms with Crippen LogP contribution in [0.2, 0.25) is 10.0 Å². The van der Waals surface area contributed by atoms with Gasteiger partial charge in [-0.2, -0.15) is 4.99 Å². The predicted octanol–water partition coefficient (Wildman–Crippen LogP) is 4.70. The molecule has 1 saturated heterocycles. The molecule has 0 aliphatic carbocycles. The van der Waals surface area contributed by atoms with Crippen molar-refractivity contribution < 1.29 is 4.79 Å². The fourth-order valence-electron chi connectivity index (χ4n) is 2.65. The number of aliphatic imine (C=N–C) groups is 1. The average Bonchev–Trinajstić information content (AvgIpc) is 2.84. The third-order valence-corrected chi connectivity index (χ3v) is 5.56. The molecule has 0 bridgehead atoms. The van der Waals surface area contributed by atoms with Crippen LogP contribution in [0.1, 0.15) is 25.3 Å². The number of nitrogens with zero attached hydrogens (tertiary/aromatic N) is 2. The maximum absolute atomic E-state index is 12.1. The number of halogens is 2. The SMILES string of the molecule is C[C@H]1CCCN(C2=NC(=O)/C(=C\c3ccc(Cl)c(Cl)c3)S2)C1. The summed E-state index contributed by atoms with van der Waals surface area (Å²) in [6.07, 6.45) is 4.22. The lowest BCUT2D eigenvalue weighted by molar-refractivity contribution is -0.113. The van der Waals surface area contributed by atoms with Crippen molar-refractivity contribution in [2.24, 2.45) is 10.9 Å². The first-order valence-electron chi connectivity index (χ1n) is 7.25. The second-order valence-electron chi connectivity index (χ2n) is 5.68. The number of likely N-dealkylation sites (tertiary alicyclic amines) is 1. The normalized spacial score (nSPS) is 24.0. The Kier molecular flexibility index (Phi) is 4.81. The van der Waals surface area contributed by atoms with E-state index in [1.54, 1.807) is 12.1 Å². The van der Waals surface area contributed by atoms with Crippen molar-refractivity contribution in [2.45, 2.75) is 19.8 Å². The van der Waals surface area contributed by atoms with Crippen LogP contribution in [0, 0.1) is 5.92 Å². The summed E-state index contributed by atoms with van der Waals surface area (Å²) in [5.74, 6) is 0.472. The van der Waals surface area contributed by atoms with E-state index in [0.29, 0.717) is 20.9 Å². The molecule has 1 fully saturated rings. The molecule has 3 rings (SSSR count). The van der Waals surface area contributed by atoms with E-state index < -0.39 is 0 Å². The van der Waals surface area contributed by atoms with Gasteiger partial charge in [0, 0.05) is 13.1 Å². The second-order valence-corrected chi connectivity index (χ2v) is 7.50. The summed E-state index contributed by atoms with van der Waals surface area (Å²) in [6.45, 7) is 4.18. The Morgan fingerprint density at radius 3 is 2.91 bits per heavy atom. The Bertz CT molecular complexity index is 672. The number of carbonyl (C=O) groups excluding carboxylic acids is 1. The summed E-state index contributed by atoms with van der Waals surface area (Å²) in [7, 11) is 0. The van der Waals surface area contributed by atoms with Gasteiger partial charge < -0.3 is 4.90 Å². The number of hydrogen-bond donors (Lipinski definition) is 0. The minimum Gasteiger partial charge on any atom is -0.351 e. The molecule has 0 spiro atoms. The Balaban J connectivity index is 1.76. The van der Waals surface area contributed by atoms with E-state index in [1.807, 2.05) is 12.1 Å². The minimum absolute atomic E-state index is 0.177. The van der Waals surface area contributed by atoms with Crippen molar-refractivity contribution in [3.63, 3.8) is 0 Å². The van der Waals surface area contributed by atoms with E-state index >= 15 is 0 Å². The standard InChI is InChI=1S/C16H16Cl2N2OS/c1-10-3-2-6-20(9-10)16-19-15(21)14(22-16)8-11-4-5-12(17)13(18)7-11/h4-5,7-8,10H,2-3,6,9H2,1H3/b14-8+/t10-/m0/s1. The number of hydrogen-bond acceptors (Lipinski definition) is 3. The van der Waals surface area contributed by atoms with Crippen molar-refractivity contribution in [2.75, 3.05) is 13.1 Å². The van der Waals surface area contributed by atoms with Crippen LogP contribution in [-0.2, 0) is 4.79 Å². The monoisotopic (exact) mass is 354 g/mol. The molecule has 2 aliphatic rings. The van der Waals surface area contributed by atoms with Crippen molar-refractivity contribution >= 4 is 52.1 Å². The van der Waals surface area contributed by atoms with Gasteiger partial charge in [0.25, 0.3) is 5.91 Å². The lowest BCUT2D eigenvalue weighted by Crippen LogP contribution is -2.37. The van der Waals surface area contributed by atoms with Gasteiger partial charge in [-0.05, 0) is 54.3 Å². The molecule has 3 nitrogen and oxygen atoms in total. The molecule has 1 atom stereocenters. The van der Waals surface area contributed by atoms with Crippen LogP contribution in [0.4, 0.5) is 0 Å². The summed E-state index contributed by atoms with van der Waals surface area (Å²) in [5.41, 5.74) is 0.855. The van der Waals surface area contributed by atoms with Crippen molar-refractivity contribution in [1.82, 2.24) is 4.90 Å². The summed E-state index contributed by atoms with van der Waals surface area (Å²) in [6, 6.07) is 5.33. The molecule has 0 saturated carbocycles. The van der Waals surface area contributed by atoms with E-state index in [4.69, 9.17) is 23.2 Å². The molecule has 0 aromatic heterocycles. The maximum Gasteiger partial charge on any atom is 0.286 e. The first-order valence-corrected chi connectivity index (χ1v) is 8.83. The zero-order valence-corrected chi connectivity index (χ0v) is 14.5. The van der Waals surface area contributed by atoms with Crippen LogP contribution in [0.5, 0.6) is 0 Å². The van der Waals surface area contributed by atoms with E-state index in [1.165, 1.54) is 18.2 Å². The van der Waals surface area contributed by atoms with Crippen LogP contribution in [0.15, 0.2) is 28.1 Å². The van der Waals surface area contributed by atoms with E-state index in [2.05, 4.69) is 16.8 Å². The molecule has 6 heteroatoms. The zero-order chi connectivity index (χ0) is 15.7. The summed E-state index contributed by atoms with van der Waals surface area (Å²) < 4.78 is 0. The number of thioether (sulfide) groups is 1. The number of rotatable bonds is 1. The van der Waals surface area contributed by atoms with Crippen molar-refractivity contribution in [3.8, 4) is 0 Å². The van der Waals surface area contributed by atoms with Crippen LogP contribution >= 0.6 is 35.0 Å². The largest absolute Gasteiger partial charge is 0.351 e. The predicted molar refractivity (Wildman–Crippen MR) is 94.4 cm³/mol. The summed E-state index contributed by atoms with van der Waals surface area (Å²) in [5, 5.41) is 1.81. The third kappa shape index (κ3) is 3.50. The first-order chi connectivity index (χ1) is 10.5. The number of amidine groups is 1. The molecule has 2 heterocycles. The van der Waals surface area contributed by atoms with Crippen LogP contribution in [0.25, 0.3) is 6.08 Å². The lowest BCUT2D eigenvalue weighted by Gasteiger charge is -2.31. The van der Waals surface area contributed by atoms with Gasteiger partial charge in [-0.3, -0.25) is 4.79 Å². The molecule has 0 N–H and O–H groups in total. The van der Waals surface area contributed by atoms with E-state index in [9.17, 15) is 4.79 Å². The Morgan fingerprint density at radius 2 is 2.18 bits per heavy atom. The highest BCUT2D eigenvalue weighted by molar-refractivity contribution is 8.18. The summed E-state index contributed by atoms with van der Waals surface area (Å²) >= 11 is 13.4. The van der Waals surface area contributed by atoms with Crippen LogP contribution < -0.4 is 0 Å². The summed E-state index contributed by atoms with van der Waals surface area (Å²) in [4.78, 5) is 19.2. The van der Waals surface area contributed by atoms with Gasteiger partial charge in [0.05, 0.1) is 15.0 Å². The van der Waals surface area contributed by atoms with Crippen LogP contribution in [-0.4, -0.2) is 29.1 Å². The number of carbonyl (C=O) groups is 1. The Labute approximate surface area is 144 Å². The first kappa shape index (κ1) is 15.9. The van der Waals surface area contributed by atoms with Gasteiger partial charge in [-0.25, -0.2) is 0 Å². The topological polar surface area (TPSA) is 32.7 Å². The molecule has 0 radical (unpaired) electrons. The number of benzene rings is 1. The highest BCUT2D eigenvalue weighted by Crippen LogP contribution is 2.33. The average molecular weight is 355 g/mol. The highest BCUT2D eigenvalue weighted by Gasteiger charge is 2.28. The molecular weight excluding hydrogens is 339 g/mol. The highest BCUT2D eigenvalue weighted by atomic mass is 35.5. The maximum atomic E-state index is 12.1. The molecule has 1 aromatic rings. The molecule has 116 valence electrons. The number of piperidine rings is 1. The molecule has 1 amide bonds. The van der Waals surface area contributed by atoms with E-state index in [0.717, 1.165) is 30.2 Å². The van der Waals surface area contributed by atoms with E-state index in [-0.39, 0.29) is 5.91 Å². The minimum atomic E-state index is -0.177. The van der Waals surface area contributed by atoms with Crippen molar-refractivity contribution in [3.05, 3.63) is 38.7 Å². The Hall–Kier alpha value is -0.970. The van der Waals surface area contributed by atoms with Gasteiger partial charge in [0.15, 0.2) is 5.17 Å². The Morgan fingerprint density at radius 1 is 1.36 bits per heavy atom. The third-order valence-electron chi connectivity index (χ3n) is 3.78. The molecule has 22 heavy (non-hydrogen) atoms. The fourth-order valence-corrected chi connectivity index (χ4v) is 3.90. The van der Waals surface area contributed by atoms with Gasteiger partial charge >= 0.3 is 0 Å². The molecule has 2 aliphatic heterocycles. The van der Waals surface area contributed by atoms with Gasteiger partial charge in [0.2, 0.25) is 0 Å². The zero-order valence-electron chi connectivity index (χ0n) is 12.2. The lowest BCUT2D eigenvalue weighted by atomic mass is 10.0. The van der Waals surface area contributed by atoms with Crippen molar-refractivity contribution in [1.29, 1.82) is 0 Å².